The van der Waals surface area contributed by atoms with Crippen molar-refractivity contribution < 1.29 is 36.2 Å². The summed E-state index contributed by atoms with van der Waals surface area (Å²) in [5.74, 6) is -3.87. The minimum atomic E-state index is -4.63. The van der Waals surface area contributed by atoms with E-state index < -0.39 is 58.2 Å². The largest absolute Gasteiger partial charge is 0.494 e. The quantitative estimate of drug-likeness (QED) is 0.0774. The Morgan fingerprint density at radius 3 is 2.14 bits per heavy atom. The molecule has 1 aromatic heterocycles. The van der Waals surface area contributed by atoms with Crippen LogP contribution in [0.1, 0.15) is 97.1 Å². The van der Waals surface area contributed by atoms with Crippen molar-refractivity contribution in [3.8, 4) is 16.9 Å². The third-order valence-corrected chi connectivity index (χ3v) is 9.23. The molecule has 272 valence electrons. The van der Waals surface area contributed by atoms with Crippen molar-refractivity contribution in [1.82, 2.24) is 0 Å². The lowest BCUT2D eigenvalue weighted by Crippen LogP contribution is -2.50. The van der Waals surface area contributed by atoms with Gasteiger partial charge in [-0.3, -0.25) is 9.59 Å². The van der Waals surface area contributed by atoms with Crippen molar-refractivity contribution >= 4 is 27.4 Å². The average Bonchev–Trinajstić information content (AvgIpc) is 2.98. The fourth-order valence-corrected chi connectivity index (χ4v) is 6.49. The summed E-state index contributed by atoms with van der Waals surface area (Å²) in [6.45, 7) is 8.79. The third kappa shape index (κ3) is 12.6. The summed E-state index contributed by atoms with van der Waals surface area (Å²) < 4.78 is 82.1. The highest BCUT2D eigenvalue weighted by molar-refractivity contribution is 7.16. The van der Waals surface area contributed by atoms with Crippen molar-refractivity contribution in [2.45, 2.75) is 116 Å². The van der Waals surface area contributed by atoms with Gasteiger partial charge in [-0.1, -0.05) is 43.2 Å². The molecule has 3 rings (SSSR count). The van der Waals surface area contributed by atoms with Gasteiger partial charge in [0.15, 0.2) is 0 Å². The van der Waals surface area contributed by atoms with Gasteiger partial charge in [-0.25, -0.2) is 8.78 Å². The zero-order chi connectivity index (χ0) is 36.6. The molecule has 0 radical (unpaired) electrons. The van der Waals surface area contributed by atoms with Gasteiger partial charge in [-0.15, -0.1) is 0 Å². The highest BCUT2D eigenvalue weighted by atomic mass is 32.1. The predicted octanol–water partition coefficient (Wildman–Crippen LogP) is 9.28. The molecule has 0 aliphatic heterocycles. The van der Waals surface area contributed by atoms with Crippen LogP contribution in [0.25, 0.3) is 21.2 Å². The molecular weight excluding hydrogens is 663 g/mol. The topological polar surface area (TPSA) is 105 Å². The first kappa shape index (κ1) is 40.3. The van der Waals surface area contributed by atoms with E-state index in [1.807, 2.05) is 6.92 Å². The molecular formula is C37H49F5N2O4S. The lowest BCUT2D eigenvalue weighted by atomic mass is 9.80. The first-order chi connectivity index (χ1) is 22.7. The van der Waals surface area contributed by atoms with Crippen LogP contribution in [-0.2, 0) is 22.1 Å². The summed E-state index contributed by atoms with van der Waals surface area (Å²) in [5.41, 5.74) is 10.2. The van der Waals surface area contributed by atoms with Gasteiger partial charge in [0.1, 0.15) is 5.75 Å². The number of benzene rings is 2. The number of carbonyl (C=O) groups is 1. The summed E-state index contributed by atoms with van der Waals surface area (Å²) in [6.07, 6.45) is -2.03. The zero-order valence-corrected chi connectivity index (χ0v) is 29.8. The number of ether oxygens (including phenoxy) is 2. The van der Waals surface area contributed by atoms with E-state index in [1.54, 1.807) is 52.0 Å². The van der Waals surface area contributed by atoms with Crippen molar-refractivity contribution in [3.63, 3.8) is 0 Å². The van der Waals surface area contributed by atoms with Gasteiger partial charge in [0, 0.05) is 34.2 Å². The van der Waals surface area contributed by atoms with Gasteiger partial charge in [-0.2, -0.15) is 13.2 Å². The SMILES string of the molecule is CCCCCc1ccc(-c2cc3ccc(OCCCC(F)(F)CCCOC(=O)C(CC(C)(C)N)C(C)(C)N)cc3sc2=O)c(C(F)(F)F)c1. The van der Waals surface area contributed by atoms with E-state index in [0.29, 0.717) is 34.2 Å². The molecule has 2 aromatic carbocycles. The van der Waals surface area contributed by atoms with Crippen LogP contribution in [0.2, 0.25) is 0 Å². The zero-order valence-electron chi connectivity index (χ0n) is 29.0. The van der Waals surface area contributed by atoms with Crippen LogP contribution in [0.5, 0.6) is 5.75 Å². The number of fused-ring (bicyclic) bond motifs is 1. The van der Waals surface area contributed by atoms with Crippen LogP contribution in [0.4, 0.5) is 22.0 Å². The second kappa shape index (κ2) is 16.7. The van der Waals surface area contributed by atoms with Crippen LogP contribution < -0.4 is 20.9 Å². The Bertz CT molecular complexity index is 1610. The molecule has 0 saturated carbocycles. The predicted molar refractivity (Wildman–Crippen MR) is 186 cm³/mol. The van der Waals surface area contributed by atoms with Crippen LogP contribution in [-0.4, -0.2) is 36.2 Å². The molecule has 0 spiro atoms. The van der Waals surface area contributed by atoms with E-state index in [2.05, 4.69) is 0 Å². The van der Waals surface area contributed by atoms with Gasteiger partial charge < -0.3 is 20.9 Å². The number of hydrogen-bond acceptors (Lipinski definition) is 7. The number of nitrogens with two attached hydrogens (primary N) is 2. The first-order valence-electron chi connectivity index (χ1n) is 16.7. The maximum atomic E-state index is 14.5. The van der Waals surface area contributed by atoms with Gasteiger partial charge in [-0.05, 0) is 107 Å². The number of carbonyl (C=O) groups excluding carboxylic acids is 1. The number of alkyl halides is 5. The van der Waals surface area contributed by atoms with Crippen LogP contribution in [0.15, 0.2) is 47.3 Å². The molecule has 4 N–H and O–H groups in total. The minimum absolute atomic E-state index is 0.00918. The van der Waals surface area contributed by atoms with E-state index in [-0.39, 0.29) is 37.2 Å². The lowest BCUT2D eigenvalue weighted by molar-refractivity contribution is -0.152. The summed E-state index contributed by atoms with van der Waals surface area (Å²) in [6, 6.07) is 10.4. The molecule has 1 atom stereocenters. The fourth-order valence-electron chi connectivity index (χ4n) is 5.59. The Balaban J connectivity index is 1.56. The van der Waals surface area contributed by atoms with Gasteiger partial charge in [0.05, 0.1) is 24.7 Å². The Kier molecular flexibility index (Phi) is 13.8. The molecule has 6 nitrogen and oxygen atoms in total. The molecule has 12 heteroatoms. The lowest BCUT2D eigenvalue weighted by Gasteiger charge is -2.33. The summed E-state index contributed by atoms with van der Waals surface area (Å²) in [7, 11) is 0. The maximum Gasteiger partial charge on any atom is 0.417 e. The normalized spacial score (nSPS) is 13.5. The molecule has 1 unspecified atom stereocenters. The van der Waals surface area contributed by atoms with E-state index in [0.717, 1.165) is 36.7 Å². The second-order valence-corrected chi connectivity index (χ2v) is 15.1. The molecule has 0 aliphatic carbocycles. The molecule has 0 saturated heterocycles. The van der Waals surface area contributed by atoms with E-state index in [4.69, 9.17) is 20.9 Å². The Morgan fingerprint density at radius 1 is 0.857 bits per heavy atom. The number of hydrogen-bond donors (Lipinski definition) is 2. The highest BCUT2D eigenvalue weighted by Gasteiger charge is 2.37. The van der Waals surface area contributed by atoms with E-state index in [1.165, 1.54) is 12.1 Å². The smallest absolute Gasteiger partial charge is 0.417 e. The number of aryl methyl sites for hydroxylation is 1. The Hall–Kier alpha value is -3.09. The average molecular weight is 713 g/mol. The van der Waals surface area contributed by atoms with Gasteiger partial charge >= 0.3 is 12.1 Å². The molecule has 0 fully saturated rings. The first-order valence-corrected chi connectivity index (χ1v) is 17.6. The number of rotatable bonds is 18. The molecule has 3 aromatic rings. The van der Waals surface area contributed by atoms with Gasteiger partial charge in [0.2, 0.25) is 10.7 Å². The Morgan fingerprint density at radius 2 is 1.53 bits per heavy atom. The highest BCUT2D eigenvalue weighted by Crippen LogP contribution is 2.38. The standard InChI is InChI=1S/C37H49F5N2O4S/c1-6-7-8-11-24-12-15-27(29(20-24)37(40,41)42)28-21-25-13-14-26(22-31(25)49-33(28)46)47-18-9-16-36(38,39)17-10-19-48-32(45)30(35(4,5)44)23-34(2,3)43/h12-15,20-22,30H,6-11,16-19,23,43-44H2,1-5H3. The number of unbranched alkanes of at least 4 members (excludes halogenated alkanes) is 2. The van der Waals surface area contributed by atoms with Crippen molar-refractivity contribution in [2.24, 2.45) is 17.4 Å². The van der Waals surface area contributed by atoms with Crippen LogP contribution in [0.3, 0.4) is 0 Å². The molecule has 0 aliphatic rings. The van der Waals surface area contributed by atoms with Crippen molar-refractivity contribution in [3.05, 3.63) is 63.1 Å². The van der Waals surface area contributed by atoms with E-state index >= 15 is 0 Å². The second-order valence-electron chi connectivity index (χ2n) is 14.1. The monoisotopic (exact) mass is 712 g/mol. The maximum absolute atomic E-state index is 14.5. The Labute approximate surface area is 289 Å². The molecule has 0 amide bonds. The van der Waals surface area contributed by atoms with Gasteiger partial charge in [0.25, 0.3) is 0 Å². The van der Waals surface area contributed by atoms with Crippen molar-refractivity contribution in [2.75, 3.05) is 13.2 Å². The minimum Gasteiger partial charge on any atom is -0.494 e. The van der Waals surface area contributed by atoms with Crippen LogP contribution >= 0.6 is 11.3 Å². The molecule has 1 heterocycles. The van der Waals surface area contributed by atoms with Crippen molar-refractivity contribution in [1.29, 1.82) is 0 Å². The molecule has 49 heavy (non-hydrogen) atoms. The summed E-state index contributed by atoms with van der Waals surface area (Å²) >= 11 is 0.808. The fraction of sp³-hybridized carbons (Fsp3) is 0.568. The third-order valence-electron chi connectivity index (χ3n) is 8.26. The number of esters is 1. The molecule has 0 bridgehead atoms. The van der Waals surface area contributed by atoms with E-state index in [9.17, 15) is 31.5 Å². The number of halogens is 5. The van der Waals surface area contributed by atoms with Crippen LogP contribution in [0, 0.1) is 5.92 Å². The summed E-state index contributed by atoms with van der Waals surface area (Å²) in [4.78, 5) is 25.7. The summed E-state index contributed by atoms with van der Waals surface area (Å²) in [5, 5.41) is 0.562.